The molecule has 8 heavy (non-hydrogen) atoms. The Morgan fingerprint density at radius 1 is 1.62 bits per heavy atom. The number of hydrogen-bond acceptors (Lipinski definition) is 4. The molecule has 0 aromatic carbocycles. The van der Waals surface area contributed by atoms with E-state index in [-0.39, 0.29) is 0 Å². The lowest BCUT2D eigenvalue weighted by Gasteiger charge is -1.85. The van der Waals surface area contributed by atoms with Gasteiger partial charge in [0.05, 0.1) is 0 Å². The van der Waals surface area contributed by atoms with Gasteiger partial charge >= 0.3 is 7.12 Å². The number of thiazole rings is 1. The number of nitrogens with zero attached hydrogens (tertiary/aromatic N) is 1. The van der Waals surface area contributed by atoms with Crippen molar-refractivity contribution >= 4 is 23.4 Å². The van der Waals surface area contributed by atoms with Gasteiger partial charge in [-0.3, -0.25) is 4.98 Å². The Hall–Kier alpha value is -0.385. The quantitative estimate of drug-likeness (QED) is 0.469. The maximum Gasteiger partial charge on any atom is 0.519 e. The molecule has 0 radical (unpaired) electrons. The first-order valence-corrected chi connectivity index (χ1v) is 2.94. The third kappa shape index (κ3) is 1.06. The van der Waals surface area contributed by atoms with Crippen molar-refractivity contribution in [3.05, 3.63) is 11.6 Å². The summed E-state index contributed by atoms with van der Waals surface area (Å²) in [6.07, 6.45) is 1.53. The molecule has 0 saturated heterocycles. The van der Waals surface area contributed by atoms with Crippen molar-refractivity contribution in [2.45, 2.75) is 0 Å². The normalized spacial score (nSPS) is 9.25. The molecule has 1 rings (SSSR count). The van der Waals surface area contributed by atoms with Crippen molar-refractivity contribution in [2.75, 3.05) is 0 Å². The van der Waals surface area contributed by atoms with Crippen LogP contribution in [0.25, 0.3) is 0 Å². The van der Waals surface area contributed by atoms with Gasteiger partial charge in [-0.1, -0.05) is 0 Å². The SMILES string of the molecule is OB(O)c1nccs1. The van der Waals surface area contributed by atoms with Crippen LogP contribution >= 0.6 is 11.3 Å². The molecule has 0 spiro atoms. The van der Waals surface area contributed by atoms with Crippen molar-refractivity contribution < 1.29 is 10.0 Å². The summed E-state index contributed by atoms with van der Waals surface area (Å²) in [5, 5.41) is 18.5. The Balaban J connectivity index is 2.77. The summed E-state index contributed by atoms with van der Waals surface area (Å²) in [6, 6.07) is 0. The van der Waals surface area contributed by atoms with Gasteiger partial charge in [0.1, 0.15) is 4.91 Å². The summed E-state index contributed by atoms with van der Waals surface area (Å²) in [5.74, 6) is 0. The van der Waals surface area contributed by atoms with Crippen molar-refractivity contribution in [1.82, 2.24) is 4.98 Å². The molecule has 2 N–H and O–H groups in total. The minimum absolute atomic E-state index is 0.338. The Bertz CT molecular complexity index is 152. The molecule has 0 amide bonds. The van der Waals surface area contributed by atoms with Crippen LogP contribution in [0.5, 0.6) is 0 Å². The third-order valence-corrected chi connectivity index (χ3v) is 1.49. The molecule has 42 valence electrons. The molecule has 0 atom stereocenters. The van der Waals surface area contributed by atoms with Crippen LogP contribution in [-0.2, 0) is 0 Å². The first-order chi connectivity index (χ1) is 3.80. The molecule has 0 saturated carbocycles. The fourth-order valence-electron chi connectivity index (χ4n) is 0.362. The first-order valence-electron chi connectivity index (χ1n) is 2.06. The summed E-state index contributed by atoms with van der Waals surface area (Å²) in [6.45, 7) is 0. The average Bonchev–Trinajstić information content (AvgIpc) is 2.12. The minimum Gasteiger partial charge on any atom is -0.422 e. The Morgan fingerprint density at radius 3 is 2.62 bits per heavy atom. The van der Waals surface area contributed by atoms with Gasteiger partial charge < -0.3 is 10.0 Å². The fraction of sp³-hybridized carbons (Fsp3) is 0. The fourth-order valence-corrected chi connectivity index (χ4v) is 0.867. The molecular formula is C3H4BNO2S. The number of rotatable bonds is 1. The molecule has 0 unspecified atom stereocenters. The van der Waals surface area contributed by atoms with Gasteiger partial charge in [0.25, 0.3) is 0 Å². The number of hydrogen-bond donors (Lipinski definition) is 2. The van der Waals surface area contributed by atoms with Crippen molar-refractivity contribution in [3.8, 4) is 0 Å². The summed E-state index contributed by atoms with van der Waals surface area (Å²) >= 11 is 1.22. The van der Waals surface area contributed by atoms with Gasteiger partial charge in [-0.25, -0.2) is 0 Å². The maximum absolute atomic E-state index is 8.42. The highest BCUT2D eigenvalue weighted by Crippen LogP contribution is 1.87. The largest absolute Gasteiger partial charge is 0.519 e. The standard InChI is InChI=1S/C3H4BNO2S/c6-4(7)3-5-1-2-8-3/h1-2,6-7H. The lowest BCUT2D eigenvalue weighted by atomic mass is 9.94. The van der Waals surface area contributed by atoms with Crippen LogP contribution in [0, 0.1) is 0 Å². The van der Waals surface area contributed by atoms with Crippen LogP contribution in [0.4, 0.5) is 0 Å². The van der Waals surface area contributed by atoms with E-state index >= 15 is 0 Å². The van der Waals surface area contributed by atoms with Crippen LogP contribution in [-0.4, -0.2) is 22.2 Å². The molecule has 0 aliphatic carbocycles. The molecule has 0 aliphatic rings. The second-order valence-corrected chi connectivity index (χ2v) is 2.17. The highest BCUT2D eigenvalue weighted by Gasteiger charge is 2.12. The van der Waals surface area contributed by atoms with E-state index in [1.54, 1.807) is 5.38 Å². The van der Waals surface area contributed by atoms with Gasteiger partial charge in [-0.2, -0.15) is 0 Å². The van der Waals surface area contributed by atoms with E-state index in [4.69, 9.17) is 10.0 Å². The smallest absolute Gasteiger partial charge is 0.422 e. The zero-order chi connectivity index (χ0) is 5.98. The van der Waals surface area contributed by atoms with Crippen LogP contribution in [0.2, 0.25) is 0 Å². The van der Waals surface area contributed by atoms with Crippen molar-refractivity contribution in [2.24, 2.45) is 0 Å². The van der Waals surface area contributed by atoms with E-state index < -0.39 is 7.12 Å². The van der Waals surface area contributed by atoms with E-state index in [0.717, 1.165) is 0 Å². The molecule has 1 aromatic heterocycles. The van der Waals surface area contributed by atoms with E-state index in [1.807, 2.05) is 0 Å². The summed E-state index contributed by atoms with van der Waals surface area (Å²) in [7, 11) is -1.41. The topological polar surface area (TPSA) is 53.4 Å². The van der Waals surface area contributed by atoms with Gasteiger partial charge in [0, 0.05) is 11.6 Å². The molecule has 5 heteroatoms. The zero-order valence-electron chi connectivity index (χ0n) is 3.98. The van der Waals surface area contributed by atoms with E-state index in [9.17, 15) is 0 Å². The minimum atomic E-state index is -1.41. The molecule has 1 aromatic rings. The van der Waals surface area contributed by atoms with Crippen LogP contribution in [0.3, 0.4) is 0 Å². The van der Waals surface area contributed by atoms with Crippen LogP contribution < -0.4 is 4.91 Å². The predicted molar refractivity (Wildman–Crippen MR) is 31.9 cm³/mol. The van der Waals surface area contributed by atoms with Crippen LogP contribution in [0.1, 0.15) is 0 Å². The Kier molecular flexibility index (Phi) is 1.62. The monoisotopic (exact) mass is 129 g/mol. The van der Waals surface area contributed by atoms with Gasteiger partial charge in [0.2, 0.25) is 0 Å². The summed E-state index contributed by atoms with van der Waals surface area (Å²) in [4.78, 5) is 3.97. The van der Waals surface area contributed by atoms with Crippen molar-refractivity contribution in [3.63, 3.8) is 0 Å². The van der Waals surface area contributed by atoms with Crippen LogP contribution in [0.15, 0.2) is 11.6 Å². The first kappa shape index (κ1) is 5.75. The average molecular weight is 129 g/mol. The zero-order valence-corrected chi connectivity index (χ0v) is 4.80. The second-order valence-electron chi connectivity index (χ2n) is 1.24. The highest BCUT2D eigenvalue weighted by molar-refractivity contribution is 7.19. The Labute approximate surface area is 50.8 Å². The lowest BCUT2D eigenvalue weighted by molar-refractivity contribution is 0.425. The molecular weight excluding hydrogens is 125 g/mol. The van der Waals surface area contributed by atoms with Gasteiger partial charge in [-0.05, 0) is 0 Å². The second kappa shape index (κ2) is 2.26. The maximum atomic E-state index is 8.42. The van der Waals surface area contributed by atoms with Gasteiger partial charge in [-0.15, -0.1) is 11.3 Å². The lowest BCUT2D eigenvalue weighted by Crippen LogP contribution is -2.28. The third-order valence-electron chi connectivity index (χ3n) is 0.672. The predicted octanol–water partition coefficient (Wildman–Crippen LogP) is -1.18. The molecule has 1 heterocycles. The Morgan fingerprint density at radius 2 is 2.38 bits per heavy atom. The van der Waals surface area contributed by atoms with E-state index in [0.29, 0.717) is 4.91 Å². The van der Waals surface area contributed by atoms with E-state index in [1.165, 1.54) is 17.5 Å². The summed E-state index contributed by atoms with van der Waals surface area (Å²) < 4.78 is 0. The summed E-state index contributed by atoms with van der Waals surface area (Å²) in [5.41, 5.74) is 0. The molecule has 0 fully saturated rings. The molecule has 0 aliphatic heterocycles. The van der Waals surface area contributed by atoms with E-state index in [2.05, 4.69) is 4.98 Å². The molecule has 0 bridgehead atoms. The highest BCUT2D eigenvalue weighted by atomic mass is 32.1. The van der Waals surface area contributed by atoms with Gasteiger partial charge in [0.15, 0.2) is 0 Å². The number of aromatic nitrogens is 1. The molecule has 3 nitrogen and oxygen atoms in total. The van der Waals surface area contributed by atoms with Crippen molar-refractivity contribution in [1.29, 1.82) is 0 Å².